The number of hydrogen-bond acceptors (Lipinski definition) is 3. The Kier molecular flexibility index (Phi) is 3.71. The molecule has 0 aliphatic heterocycles. The number of carbonyl (C=O) groups excluding carboxylic acids is 1. The summed E-state index contributed by atoms with van der Waals surface area (Å²) in [4.78, 5) is 10.8. The fourth-order valence-corrected chi connectivity index (χ4v) is 2.59. The van der Waals surface area contributed by atoms with Crippen molar-refractivity contribution in [1.82, 2.24) is 0 Å². The fraction of sp³-hybridized carbons (Fsp3) is 0. The van der Waals surface area contributed by atoms with Gasteiger partial charge in [0.15, 0.2) is 0 Å². The summed E-state index contributed by atoms with van der Waals surface area (Å²) in [6.07, 6.45) is 0. The summed E-state index contributed by atoms with van der Waals surface area (Å²) in [5, 5.41) is 0. The molecule has 0 aliphatic carbocycles. The number of sulfonamides is 1. The van der Waals surface area contributed by atoms with E-state index >= 15 is 0 Å². The molecular weight excluding hydrogens is 283 g/mol. The molecule has 0 spiro atoms. The van der Waals surface area contributed by atoms with Crippen LogP contribution in [0.5, 0.6) is 0 Å². The summed E-state index contributed by atoms with van der Waals surface area (Å²) in [6, 6.07) is 10.1. The van der Waals surface area contributed by atoms with E-state index in [0.29, 0.717) is 0 Å². The van der Waals surface area contributed by atoms with Gasteiger partial charge in [-0.15, -0.1) is 0 Å². The topological polar surface area (TPSA) is 89.3 Å². The Morgan fingerprint density at radius 3 is 2.05 bits per heavy atom. The number of rotatable bonds is 4. The molecule has 0 saturated heterocycles. The van der Waals surface area contributed by atoms with E-state index in [1.807, 2.05) is 0 Å². The van der Waals surface area contributed by atoms with Gasteiger partial charge in [-0.3, -0.25) is 9.52 Å². The second kappa shape index (κ2) is 5.30. The van der Waals surface area contributed by atoms with Gasteiger partial charge in [0.1, 0.15) is 5.82 Å². The average Bonchev–Trinajstić information content (AvgIpc) is 2.39. The third-order valence-electron chi connectivity index (χ3n) is 2.55. The van der Waals surface area contributed by atoms with Gasteiger partial charge in [0.25, 0.3) is 10.0 Å². The lowest BCUT2D eigenvalue weighted by Crippen LogP contribution is -2.14. The van der Waals surface area contributed by atoms with Gasteiger partial charge in [-0.25, -0.2) is 12.8 Å². The molecule has 0 fully saturated rings. The molecule has 0 atom stereocenters. The summed E-state index contributed by atoms with van der Waals surface area (Å²) in [5.41, 5.74) is 5.63. The van der Waals surface area contributed by atoms with E-state index in [0.717, 1.165) is 24.3 Å². The second-order valence-electron chi connectivity index (χ2n) is 4.00. The largest absolute Gasteiger partial charge is 0.366 e. The molecule has 0 heterocycles. The Bertz CT molecular complexity index is 725. The monoisotopic (exact) mass is 294 g/mol. The minimum Gasteiger partial charge on any atom is -0.366 e. The van der Waals surface area contributed by atoms with Gasteiger partial charge < -0.3 is 5.73 Å². The van der Waals surface area contributed by atoms with Gasteiger partial charge in [0.2, 0.25) is 5.91 Å². The molecule has 20 heavy (non-hydrogen) atoms. The maximum Gasteiger partial charge on any atom is 0.261 e. The van der Waals surface area contributed by atoms with Crippen LogP contribution in [-0.4, -0.2) is 14.3 Å². The zero-order valence-corrected chi connectivity index (χ0v) is 11.0. The minimum atomic E-state index is -3.80. The Hall–Kier alpha value is -2.41. The summed E-state index contributed by atoms with van der Waals surface area (Å²) < 4.78 is 39.1. The van der Waals surface area contributed by atoms with Crippen LogP contribution in [0.3, 0.4) is 0 Å². The third kappa shape index (κ3) is 3.12. The van der Waals surface area contributed by atoms with E-state index in [1.165, 1.54) is 24.3 Å². The molecule has 0 unspecified atom stereocenters. The van der Waals surface area contributed by atoms with Crippen LogP contribution < -0.4 is 10.5 Å². The number of halogens is 1. The first-order valence-corrected chi connectivity index (χ1v) is 7.05. The molecule has 3 N–H and O–H groups in total. The number of nitrogens with one attached hydrogen (secondary N) is 1. The van der Waals surface area contributed by atoms with Crippen molar-refractivity contribution >= 4 is 21.6 Å². The van der Waals surface area contributed by atoms with E-state index in [2.05, 4.69) is 4.72 Å². The Morgan fingerprint density at radius 2 is 1.55 bits per heavy atom. The molecule has 1 amide bonds. The molecule has 2 rings (SSSR count). The zero-order valence-electron chi connectivity index (χ0n) is 10.2. The van der Waals surface area contributed by atoms with Crippen molar-refractivity contribution in [3.63, 3.8) is 0 Å². The molecular formula is C13H11FN2O3S. The predicted molar refractivity (Wildman–Crippen MR) is 72.2 cm³/mol. The van der Waals surface area contributed by atoms with Crippen molar-refractivity contribution in [2.45, 2.75) is 4.90 Å². The zero-order chi connectivity index (χ0) is 14.8. The average molecular weight is 294 g/mol. The van der Waals surface area contributed by atoms with Gasteiger partial charge in [0.05, 0.1) is 4.90 Å². The van der Waals surface area contributed by atoms with Gasteiger partial charge in [-0.1, -0.05) is 0 Å². The van der Waals surface area contributed by atoms with Crippen molar-refractivity contribution in [3.8, 4) is 0 Å². The van der Waals surface area contributed by atoms with Crippen LogP contribution in [0, 0.1) is 5.82 Å². The minimum absolute atomic E-state index is 0.0575. The quantitative estimate of drug-likeness (QED) is 0.899. The standard InChI is InChI=1S/C13H11FN2O3S/c14-10-3-7-12(8-4-10)20(18,19)16-11-5-1-9(2-6-11)13(15)17/h1-8,16H,(H2,15,17). The van der Waals surface area contributed by atoms with Gasteiger partial charge in [-0.05, 0) is 48.5 Å². The molecule has 0 radical (unpaired) electrons. The summed E-state index contributed by atoms with van der Waals surface area (Å²) in [6.45, 7) is 0. The van der Waals surface area contributed by atoms with Crippen LogP contribution in [0.1, 0.15) is 10.4 Å². The van der Waals surface area contributed by atoms with Crippen LogP contribution >= 0.6 is 0 Å². The Balaban J connectivity index is 2.24. The highest BCUT2D eigenvalue weighted by Gasteiger charge is 2.14. The summed E-state index contributed by atoms with van der Waals surface area (Å²) in [7, 11) is -3.80. The first kappa shape index (κ1) is 14.0. The molecule has 0 bridgehead atoms. The fourth-order valence-electron chi connectivity index (χ4n) is 1.53. The molecule has 7 heteroatoms. The van der Waals surface area contributed by atoms with E-state index in [4.69, 9.17) is 5.73 Å². The van der Waals surface area contributed by atoms with E-state index in [-0.39, 0.29) is 16.1 Å². The highest BCUT2D eigenvalue weighted by Crippen LogP contribution is 2.16. The smallest absolute Gasteiger partial charge is 0.261 e. The number of amides is 1. The van der Waals surface area contributed by atoms with Crippen LogP contribution in [-0.2, 0) is 10.0 Å². The first-order chi connectivity index (χ1) is 9.38. The summed E-state index contributed by atoms with van der Waals surface area (Å²) >= 11 is 0. The molecule has 104 valence electrons. The number of anilines is 1. The lowest BCUT2D eigenvalue weighted by atomic mass is 10.2. The van der Waals surface area contributed by atoms with Gasteiger partial charge in [0, 0.05) is 11.3 Å². The second-order valence-corrected chi connectivity index (χ2v) is 5.68. The molecule has 2 aromatic carbocycles. The Morgan fingerprint density at radius 1 is 1.00 bits per heavy atom. The number of nitrogens with two attached hydrogens (primary N) is 1. The van der Waals surface area contributed by atoms with Crippen LogP contribution in [0.25, 0.3) is 0 Å². The number of carbonyl (C=O) groups is 1. The Labute approximate surface area is 115 Å². The lowest BCUT2D eigenvalue weighted by molar-refractivity contribution is 0.100. The number of primary amides is 1. The highest BCUT2D eigenvalue weighted by atomic mass is 32.2. The van der Waals surface area contributed by atoms with E-state index in [9.17, 15) is 17.6 Å². The third-order valence-corrected chi connectivity index (χ3v) is 3.94. The van der Waals surface area contributed by atoms with Crippen molar-refractivity contribution in [2.24, 2.45) is 5.73 Å². The highest BCUT2D eigenvalue weighted by molar-refractivity contribution is 7.92. The van der Waals surface area contributed by atoms with Gasteiger partial charge >= 0.3 is 0 Å². The van der Waals surface area contributed by atoms with E-state index < -0.39 is 21.7 Å². The molecule has 0 saturated carbocycles. The number of hydrogen-bond donors (Lipinski definition) is 2. The lowest BCUT2D eigenvalue weighted by Gasteiger charge is -2.08. The normalized spacial score (nSPS) is 11.1. The summed E-state index contributed by atoms with van der Waals surface area (Å²) in [5.74, 6) is -1.12. The first-order valence-electron chi connectivity index (χ1n) is 5.57. The molecule has 0 aliphatic rings. The molecule has 2 aromatic rings. The molecule has 5 nitrogen and oxygen atoms in total. The van der Waals surface area contributed by atoms with E-state index in [1.54, 1.807) is 0 Å². The SMILES string of the molecule is NC(=O)c1ccc(NS(=O)(=O)c2ccc(F)cc2)cc1. The maximum atomic E-state index is 12.8. The van der Waals surface area contributed by atoms with Crippen molar-refractivity contribution < 1.29 is 17.6 Å². The van der Waals surface area contributed by atoms with Crippen molar-refractivity contribution in [2.75, 3.05) is 4.72 Å². The van der Waals surface area contributed by atoms with Crippen LogP contribution in [0.15, 0.2) is 53.4 Å². The van der Waals surface area contributed by atoms with Crippen molar-refractivity contribution in [1.29, 1.82) is 0 Å². The van der Waals surface area contributed by atoms with Crippen LogP contribution in [0.4, 0.5) is 10.1 Å². The van der Waals surface area contributed by atoms with Crippen LogP contribution in [0.2, 0.25) is 0 Å². The van der Waals surface area contributed by atoms with Gasteiger partial charge in [-0.2, -0.15) is 0 Å². The number of benzene rings is 2. The maximum absolute atomic E-state index is 12.8. The predicted octanol–water partition coefficient (Wildman–Crippen LogP) is 1.73. The van der Waals surface area contributed by atoms with Crippen molar-refractivity contribution in [3.05, 3.63) is 59.9 Å². The molecule has 0 aromatic heterocycles.